The van der Waals surface area contributed by atoms with Crippen LogP contribution in [0.3, 0.4) is 0 Å². The molecule has 0 aliphatic rings. The minimum atomic E-state index is -1.06. The zero-order valence-corrected chi connectivity index (χ0v) is 15.7. The van der Waals surface area contributed by atoms with E-state index in [1.165, 1.54) is 6.07 Å². The first-order chi connectivity index (χ1) is 12.9. The van der Waals surface area contributed by atoms with E-state index in [2.05, 4.69) is 6.07 Å². The van der Waals surface area contributed by atoms with Crippen LogP contribution in [0.25, 0.3) is 17.3 Å². The van der Waals surface area contributed by atoms with E-state index in [0.29, 0.717) is 5.57 Å². The fraction of sp³-hybridized carbons (Fsp3) is 0.0909. The first-order valence-electron chi connectivity index (χ1n) is 8.31. The molecule has 134 valence electrons. The maximum atomic E-state index is 11.2. The highest BCUT2D eigenvalue weighted by Gasteiger charge is 2.14. The summed E-state index contributed by atoms with van der Waals surface area (Å²) in [4.78, 5) is 11.2. The molecule has 0 bridgehead atoms. The quantitative estimate of drug-likeness (QED) is 0.610. The maximum absolute atomic E-state index is 11.2. The third-order valence-electron chi connectivity index (χ3n) is 4.42. The number of aromatic nitrogens is 1. The van der Waals surface area contributed by atoms with Crippen LogP contribution in [-0.2, 0) is 0 Å². The van der Waals surface area contributed by atoms with Gasteiger partial charge in [-0.25, -0.2) is 4.79 Å². The molecule has 5 heteroatoms. The molecule has 2 aromatic carbocycles. The molecule has 0 saturated heterocycles. The Bertz CT molecular complexity index is 1090. The third-order valence-corrected chi connectivity index (χ3v) is 4.73. The molecule has 4 nitrogen and oxygen atoms in total. The van der Waals surface area contributed by atoms with Crippen molar-refractivity contribution < 1.29 is 9.90 Å². The van der Waals surface area contributed by atoms with Gasteiger partial charge in [0.05, 0.1) is 22.2 Å². The number of carboxylic acid groups (broad SMARTS) is 1. The highest BCUT2D eigenvalue weighted by atomic mass is 35.5. The van der Waals surface area contributed by atoms with Crippen molar-refractivity contribution in [2.24, 2.45) is 0 Å². The topological polar surface area (TPSA) is 66.0 Å². The van der Waals surface area contributed by atoms with Crippen molar-refractivity contribution in [2.75, 3.05) is 0 Å². The van der Waals surface area contributed by atoms with Gasteiger partial charge in [0.15, 0.2) is 0 Å². The van der Waals surface area contributed by atoms with E-state index in [-0.39, 0.29) is 10.6 Å². The van der Waals surface area contributed by atoms with Crippen LogP contribution in [0.15, 0.2) is 54.6 Å². The number of carboxylic acids is 1. The molecule has 0 aliphatic carbocycles. The van der Waals surface area contributed by atoms with Gasteiger partial charge in [0.2, 0.25) is 0 Å². The second-order valence-electron chi connectivity index (χ2n) is 6.17. The van der Waals surface area contributed by atoms with Gasteiger partial charge in [0, 0.05) is 17.1 Å². The van der Waals surface area contributed by atoms with Gasteiger partial charge in [-0.15, -0.1) is 0 Å². The van der Waals surface area contributed by atoms with Gasteiger partial charge in [-0.1, -0.05) is 41.9 Å². The molecule has 0 unspecified atom stereocenters. The Morgan fingerprint density at radius 1 is 1.15 bits per heavy atom. The zero-order chi connectivity index (χ0) is 19.6. The number of benzene rings is 2. The highest BCUT2D eigenvalue weighted by Crippen LogP contribution is 2.27. The van der Waals surface area contributed by atoms with Crippen LogP contribution in [-0.4, -0.2) is 15.6 Å². The predicted molar refractivity (Wildman–Crippen MR) is 107 cm³/mol. The van der Waals surface area contributed by atoms with E-state index in [1.54, 1.807) is 12.1 Å². The number of carbonyl (C=O) groups is 1. The highest BCUT2D eigenvalue weighted by molar-refractivity contribution is 6.33. The Hall–Kier alpha value is -3.29. The van der Waals surface area contributed by atoms with Gasteiger partial charge in [0.1, 0.15) is 0 Å². The van der Waals surface area contributed by atoms with Crippen molar-refractivity contribution in [2.45, 2.75) is 13.8 Å². The smallest absolute Gasteiger partial charge is 0.337 e. The molecule has 3 aromatic rings. The van der Waals surface area contributed by atoms with Crippen molar-refractivity contribution in [3.8, 4) is 11.8 Å². The van der Waals surface area contributed by atoms with Crippen LogP contribution in [0.1, 0.15) is 32.9 Å². The van der Waals surface area contributed by atoms with Crippen LogP contribution in [0.5, 0.6) is 0 Å². The molecule has 1 heterocycles. The van der Waals surface area contributed by atoms with E-state index in [9.17, 15) is 10.1 Å². The molecular weight excluding hydrogens is 360 g/mol. The summed E-state index contributed by atoms with van der Waals surface area (Å²) in [5.74, 6) is -1.06. The lowest BCUT2D eigenvalue weighted by Crippen LogP contribution is -2.02. The second kappa shape index (κ2) is 7.53. The van der Waals surface area contributed by atoms with E-state index in [1.807, 2.05) is 60.9 Å². The molecule has 0 atom stereocenters. The first-order valence-corrected chi connectivity index (χ1v) is 8.69. The second-order valence-corrected chi connectivity index (χ2v) is 6.57. The summed E-state index contributed by atoms with van der Waals surface area (Å²) in [5, 5.41) is 18.9. The van der Waals surface area contributed by atoms with Crippen molar-refractivity contribution >= 4 is 29.2 Å². The number of hydrogen-bond acceptors (Lipinski definition) is 2. The van der Waals surface area contributed by atoms with Gasteiger partial charge in [-0.05, 0) is 55.3 Å². The monoisotopic (exact) mass is 376 g/mol. The summed E-state index contributed by atoms with van der Waals surface area (Å²) in [6.07, 6.45) is 1.86. The third kappa shape index (κ3) is 3.64. The summed E-state index contributed by atoms with van der Waals surface area (Å²) in [5.41, 5.74) is 5.11. The van der Waals surface area contributed by atoms with E-state index < -0.39 is 5.97 Å². The Labute approximate surface area is 162 Å². The van der Waals surface area contributed by atoms with Crippen molar-refractivity contribution in [1.29, 1.82) is 5.26 Å². The van der Waals surface area contributed by atoms with Crippen molar-refractivity contribution in [3.63, 3.8) is 0 Å². The lowest BCUT2D eigenvalue weighted by atomic mass is 10.0. The van der Waals surface area contributed by atoms with Crippen LogP contribution >= 0.6 is 11.6 Å². The molecule has 0 fully saturated rings. The van der Waals surface area contributed by atoms with Crippen molar-refractivity contribution in [3.05, 3.63) is 87.7 Å². The normalized spacial score (nSPS) is 11.3. The first kappa shape index (κ1) is 18.5. The fourth-order valence-electron chi connectivity index (χ4n) is 3.10. The SMILES string of the molecule is Cc1cc(C=C(C#N)c2ccccc2)c(C)n1-c1ccc(C(=O)O)c(Cl)c1. The predicted octanol–water partition coefficient (Wildman–Crippen LogP) is 5.51. The average molecular weight is 377 g/mol. The molecule has 0 aliphatic heterocycles. The average Bonchev–Trinajstić information content (AvgIpc) is 2.93. The standard InChI is InChI=1S/C22H17ClN2O2/c1-14-10-17(11-18(13-24)16-6-4-3-5-7-16)15(2)25(14)19-8-9-20(22(26)27)21(23)12-19/h3-12H,1-2H3,(H,26,27). The van der Waals surface area contributed by atoms with Crippen LogP contribution in [0, 0.1) is 25.2 Å². The molecule has 1 N–H and O–H groups in total. The summed E-state index contributed by atoms with van der Waals surface area (Å²) in [6, 6.07) is 18.6. The number of nitrogens with zero attached hydrogens (tertiary/aromatic N) is 2. The Kier molecular flexibility index (Phi) is 5.16. The molecule has 0 amide bonds. The number of allylic oxidation sites excluding steroid dienone is 1. The van der Waals surface area contributed by atoms with Gasteiger partial charge < -0.3 is 9.67 Å². The Morgan fingerprint density at radius 3 is 2.44 bits per heavy atom. The lowest BCUT2D eigenvalue weighted by Gasteiger charge is -2.11. The number of rotatable bonds is 4. The number of nitriles is 1. The van der Waals surface area contributed by atoms with Gasteiger partial charge >= 0.3 is 5.97 Å². The van der Waals surface area contributed by atoms with Gasteiger partial charge in [0.25, 0.3) is 0 Å². The van der Waals surface area contributed by atoms with Crippen LogP contribution in [0.4, 0.5) is 0 Å². The number of aryl methyl sites for hydroxylation is 1. The molecule has 3 rings (SSSR count). The van der Waals surface area contributed by atoms with Gasteiger partial charge in [-0.2, -0.15) is 5.26 Å². The maximum Gasteiger partial charge on any atom is 0.337 e. The van der Waals surface area contributed by atoms with Gasteiger partial charge in [-0.3, -0.25) is 0 Å². The van der Waals surface area contributed by atoms with E-state index in [0.717, 1.165) is 28.2 Å². The summed E-state index contributed by atoms with van der Waals surface area (Å²) < 4.78 is 1.99. The molecule has 1 aromatic heterocycles. The Balaban J connectivity index is 2.08. The summed E-state index contributed by atoms with van der Waals surface area (Å²) >= 11 is 6.12. The molecule has 0 saturated carbocycles. The summed E-state index contributed by atoms with van der Waals surface area (Å²) in [6.45, 7) is 3.91. The number of hydrogen-bond donors (Lipinski definition) is 1. The molecule has 27 heavy (non-hydrogen) atoms. The number of halogens is 1. The molecular formula is C22H17ClN2O2. The minimum absolute atomic E-state index is 0.0684. The largest absolute Gasteiger partial charge is 0.478 e. The van der Waals surface area contributed by atoms with E-state index in [4.69, 9.17) is 16.7 Å². The van der Waals surface area contributed by atoms with Crippen molar-refractivity contribution in [1.82, 2.24) is 4.57 Å². The van der Waals surface area contributed by atoms with Crippen LogP contribution in [0.2, 0.25) is 5.02 Å². The molecule has 0 spiro atoms. The lowest BCUT2D eigenvalue weighted by molar-refractivity contribution is 0.0697. The van der Waals surface area contributed by atoms with Crippen LogP contribution < -0.4 is 0 Å². The van der Waals surface area contributed by atoms with E-state index >= 15 is 0 Å². The fourth-order valence-corrected chi connectivity index (χ4v) is 3.36. The minimum Gasteiger partial charge on any atom is -0.478 e. The summed E-state index contributed by atoms with van der Waals surface area (Å²) in [7, 11) is 0. The molecule has 0 radical (unpaired) electrons. The zero-order valence-electron chi connectivity index (χ0n) is 14.9. The number of aromatic carboxylic acids is 1. The Morgan fingerprint density at radius 2 is 1.85 bits per heavy atom.